The lowest BCUT2D eigenvalue weighted by atomic mass is 9.46. The van der Waals surface area contributed by atoms with Crippen molar-refractivity contribution in [3.8, 4) is 0 Å². The van der Waals surface area contributed by atoms with Crippen LogP contribution in [0.25, 0.3) is 0 Å². The highest BCUT2D eigenvalue weighted by atomic mass is 19.1. The molecule has 0 aromatic rings. The van der Waals surface area contributed by atoms with Gasteiger partial charge in [0.15, 0.2) is 17.2 Å². The summed E-state index contributed by atoms with van der Waals surface area (Å²) >= 11 is 0. The Bertz CT molecular complexity index is 894. The van der Waals surface area contributed by atoms with Crippen LogP contribution in [0.15, 0.2) is 35.7 Å². The summed E-state index contributed by atoms with van der Waals surface area (Å²) in [7, 11) is 0. The topological polar surface area (TPSA) is 94.8 Å². The first kappa shape index (κ1) is 20.6. The maximum atomic E-state index is 16.8. The standard InChI is InChI=1S/C22H26F2O5/c1-11-6-13-14-8-16(23)15-7-12(26)4-5-19(15,2)21(14,24)17(27)9-20(13,3)22(11,29)18(28)10-25/h4-5,7-8,11,13-14,17,25,27,29H,6,9-10H2,1-3H3/t11?,13-,14-,17?,19-,20-,21-,22-/m0/s1. The van der Waals surface area contributed by atoms with E-state index in [0.717, 1.165) is 12.2 Å². The Morgan fingerprint density at radius 1 is 1.34 bits per heavy atom. The number of carbonyl (C=O) groups is 2. The monoisotopic (exact) mass is 408 g/mol. The molecule has 0 heterocycles. The molecule has 4 aliphatic carbocycles. The molecular weight excluding hydrogens is 382 g/mol. The van der Waals surface area contributed by atoms with E-state index in [2.05, 4.69) is 0 Å². The first-order valence-electron chi connectivity index (χ1n) is 9.94. The number of carbonyl (C=O) groups excluding carboxylic acids is 2. The minimum absolute atomic E-state index is 0.0980. The second-order valence-corrected chi connectivity index (χ2v) is 9.53. The third-order valence-corrected chi connectivity index (χ3v) is 8.41. The molecule has 8 atom stereocenters. The van der Waals surface area contributed by atoms with Crippen molar-refractivity contribution in [3.05, 3.63) is 35.7 Å². The van der Waals surface area contributed by atoms with Gasteiger partial charge in [0, 0.05) is 16.9 Å². The maximum Gasteiger partial charge on any atom is 0.190 e. The van der Waals surface area contributed by atoms with Crippen LogP contribution in [-0.2, 0) is 9.59 Å². The van der Waals surface area contributed by atoms with Crippen LogP contribution < -0.4 is 0 Å². The Balaban J connectivity index is 1.93. The van der Waals surface area contributed by atoms with Crippen molar-refractivity contribution in [3.63, 3.8) is 0 Å². The number of Topliss-reactive ketones (excluding diaryl/α,β-unsaturated/α-hetero) is 1. The summed E-state index contributed by atoms with van der Waals surface area (Å²) in [5, 5.41) is 31.8. The normalized spacial score (nSPS) is 51.0. The van der Waals surface area contributed by atoms with E-state index in [1.807, 2.05) is 0 Å². The number of ketones is 2. The lowest BCUT2D eigenvalue weighted by Crippen LogP contribution is -2.69. The number of halogens is 2. The number of allylic oxidation sites excluding steroid dienone is 6. The van der Waals surface area contributed by atoms with Crippen molar-refractivity contribution < 1.29 is 33.7 Å². The fraction of sp³-hybridized carbons (Fsp3) is 0.636. The third kappa shape index (κ3) is 2.13. The van der Waals surface area contributed by atoms with Crippen LogP contribution in [-0.4, -0.2) is 50.9 Å². The van der Waals surface area contributed by atoms with E-state index in [1.54, 1.807) is 13.8 Å². The van der Waals surface area contributed by atoms with Gasteiger partial charge in [0.25, 0.3) is 0 Å². The van der Waals surface area contributed by atoms with Crippen LogP contribution in [0.1, 0.15) is 33.6 Å². The second kappa shape index (κ2) is 5.93. The Labute approximate surface area is 167 Å². The molecule has 4 rings (SSSR count). The number of hydrogen-bond donors (Lipinski definition) is 3. The van der Waals surface area contributed by atoms with Gasteiger partial charge in [-0.1, -0.05) is 19.9 Å². The fourth-order valence-electron chi connectivity index (χ4n) is 6.79. The lowest BCUT2D eigenvalue weighted by molar-refractivity contribution is -0.206. The van der Waals surface area contributed by atoms with Gasteiger partial charge in [-0.25, -0.2) is 8.78 Å². The predicted molar refractivity (Wildman–Crippen MR) is 99.9 cm³/mol. The Kier molecular flexibility index (Phi) is 4.20. The van der Waals surface area contributed by atoms with Crippen molar-refractivity contribution >= 4 is 11.6 Å². The zero-order chi connectivity index (χ0) is 21.6. The SMILES string of the molecule is CC1C[C@H]2[C@@H]3C=C(F)C4=CC(=O)C=C[C@]4(C)[C@@]3(F)C(O)C[C@]2(C)[C@@]1(O)C(=O)CO. The molecule has 0 aromatic heterocycles. The summed E-state index contributed by atoms with van der Waals surface area (Å²) in [5.74, 6) is -4.30. The van der Waals surface area contributed by atoms with Gasteiger partial charge in [0.2, 0.25) is 0 Å². The minimum atomic E-state index is -2.32. The van der Waals surface area contributed by atoms with E-state index < -0.39 is 70.0 Å². The second-order valence-electron chi connectivity index (χ2n) is 9.53. The first-order chi connectivity index (χ1) is 13.4. The van der Waals surface area contributed by atoms with Crippen molar-refractivity contribution in [2.75, 3.05) is 6.61 Å². The van der Waals surface area contributed by atoms with Crippen LogP contribution in [0.5, 0.6) is 0 Å². The molecule has 0 saturated heterocycles. The van der Waals surface area contributed by atoms with Gasteiger partial charge < -0.3 is 15.3 Å². The number of aliphatic hydroxyl groups excluding tert-OH is 2. The Hall–Kier alpha value is -1.70. The van der Waals surface area contributed by atoms with Crippen LogP contribution in [0.3, 0.4) is 0 Å². The van der Waals surface area contributed by atoms with Gasteiger partial charge in [-0.3, -0.25) is 9.59 Å². The minimum Gasteiger partial charge on any atom is -0.390 e. The molecule has 29 heavy (non-hydrogen) atoms. The number of hydrogen-bond acceptors (Lipinski definition) is 5. The predicted octanol–water partition coefficient (Wildman–Crippen LogP) is 1.97. The molecule has 0 bridgehead atoms. The van der Waals surface area contributed by atoms with Crippen LogP contribution in [0.2, 0.25) is 0 Å². The lowest BCUT2D eigenvalue weighted by Gasteiger charge is -2.61. The molecule has 4 aliphatic rings. The number of alkyl halides is 1. The molecule has 0 spiro atoms. The van der Waals surface area contributed by atoms with Gasteiger partial charge in [-0.2, -0.15) is 0 Å². The van der Waals surface area contributed by atoms with E-state index in [9.17, 15) is 24.9 Å². The molecule has 2 fully saturated rings. The first-order valence-corrected chi connectivity index (χ1v) is 9.94. The summed E-state index contributed by atoms with van der Waals surface area (Å²) < 4.78 is 31.9. The summed E-state index contributed by atoms with van der Waals surface area (Å²) in [5.41, 5.74) is -7.17. The largest absolute Gasteiger partial charge is 0.390 e. The molecule has 0 amide bonds. The molecule has 3 N–H and O–H groups in total. The fourth-order valence-corrected chi connectivity index (χ4v) is 6.79. The highest BCUT2D eigenvalue weighted by Crippen LogP contribution is 2.70. The summed E-state index contributed by atoms with van der Waals surface area (Å²) in [6.45, 7) is 3.86. The van der Waals surface area contributed by atoms with Gasteiger partial charge >= 0.3 is 0 Å². The quantitative estimate of drug-likeness (QED) is 0.650. The van der Waals surface area contributed by atoms with Gasteiger partial charge in [0.1, 0.15) is 18.0 Å². The third-order valence-electron chi connectivity index (χ3n) is 8.41. The summed E-state index contributed by atoms with van der Waals surface area (Å²) in [6.07, 6.45) is 3.07. The van der Waals surface area contributed by atoms with E-state index >= 15 is 8.78 Å². The number of aliphatic hydroxyl groups is 3. The summed E-state index contributed by atoms with van der Waals surface area (Å²) in [6, 6.07) is 0. The van der Waals surface area contributed by atoms with Gasteiger partial charge in [-0.15, -0.1) is 0 Å². The molecule has 2 saturated carbocycles. The highest BCUT2D eigenvalue weighted by molar-refractivity contribution is 6.02. The molecule has 0 aromatic carbocycles. The Morgan fingerprint density at radius 2 is 2.00 bits per heavy atom. The van der Waals surface area contributed by atoms with E-state index in [-0.39, 0.29) is 18.4 Å². The van der Waals surface area contributed by atoms with E-state index in [0.29, 0.717) is 0 Å². The zero-order valence-corrected chi connectivity index (χ0v) is 16.7. The van der Waals surface area contributed by atoms with E-state index in [1.165, 1.54) is 19.1 Å². The van der Waals surface area contributed by atoms with E-state index in [4.69, 9.17) is 0 Å². The van der Waals surface area contributed by atoms with Gasteiger partial charge in [0.05, 0.1) is 11.5 Å². The van der Waals surface area contributed by atoms with Crippen molar-refractivity contribution in [1.29, 1.82) is 0 Å². The highest BCUT2D eigenvalue weighted by Gasteiger charge is 2.75. The van der Waals surface area contributed by atoms with Crippen molar-refractivity contribution in [1.82, 2.24) is 0 Å². The van der Waals surface area contributed by atoms with Crippen LogP contribution >= 0.6 is 0 Å². The molecule has 2 unspecified atom stereocenters. The van der Waals surface area contributed by atoms with Gasteiger partial charge in [-0.05, 0) is 49.8 Å². The van der Waals surface area contributed by atoms with Crippen molar-refractivity contribution in [2.24, 2.45) is 28.6 Å². The molecular formula is C22H26F2O5. The molecule has 0 radical (unpaired) electrons. The number of fused-ring (bicyclic) bond motifs is 5. The molecule has 5 nitrogen and oxygen atoms in total. The smallest absolute Gasteiger partial charge is 0.190 e. The zero-order valence-electron chi connectivity index (χ0n) is 16.7. The average Bonchev–Trinajstić information content (AvgIpc) is 2.86. The maximum absolute atomic E-state index is 16.8. The van der Waals surface area contributed by atoms with Crippen LogP contribution in [0.4, 0.5) is 8.78 Å². The number of rotatable bonds is 2. The molecule has 158 valence electrons. The summed E-state index contributed by atoms with van der Waals surface area (Å²) in [4.78, 5) is 24.3. The molecule has 0 aliphatic heterocycles. The Morgan fingerprint density at radius 3 is 2.62 bits per heavy atom. The van der Waals surface area contributed by atoms with Crippen molar-refractivity contribution in [2.45, 2.75) is 51.0 Å². The van der Waals surface area contributed by atoms with Crippen LogP contribution in [0, 0.1) is 28.6 Å². The average molecular weight is 408 g/mol. The molecule has 7 heteroatoms.